The van der Waals surface area contributed by atoms with Gasteiger partial charge in [-0.05, 0) is 17.7 Å². The number of rotatable bonds is 3. The maximum Gasteiger partial charge on any atom is 0.0795 e. The molecule has 2 nitrogen and oxygen atoms in total. The van der Waals surface area contributed by atoms with Crippen LogP contribution in [0.2, 0.25) is 5.02 Å². The van der Waals surface area contributed by atoms with Crippen LogP contribution in [0.15, 0.2) is 24.3 Å². The summed E-state index contributed by atoms with van der Waals surface area (Å²) < 4.78 is 0. The van der Waals surface area contributed by atoms with Crippen LogP contribution in [0.1, 0.15) is 5.56 Å². The standard InChI is InChI=1S/C11H14ClNOS/c12-9-3-1-8(2-4-9)7-15-11-6-13-5-10(11)14/h1-4,10-11,13-14H,5-7H2. The molecule has 1 aromatic carbocycles. The highest BCUT2D eigenvalue weighted by Gasteiger charge is 2.24. The van der Waals surface area contributed by atoms with E-state index >= 15 is 0 Å². The van der Waals surface area contributed by atoms with E-state index in [0.717, 1.165) is 23.9 Å². The topological polar surface area (TPSA) is 32.3 Å². The van der Waals surface area contributed by atoms with Crippen molar-refractivity contribution in [2.24, 2.45) is 0 Å². The quantitative estimate of drug-likeness (QED) is 0.851. The van der Waals surface area contributed by atoms with Crippen LogP contribution in [-0.2, 0) is 5.75 Å². The SMILES string of the molecule is OC1CNCC1SCc1ccc(Cl)cc1. The van der Waals surface area contributed by atoms with Crippen LogP contribution in [0.4, 0.5) is 0 Å². The van der Waals surface area contributed by atoms with Crippen molar-refractivity contribution in [1.29, 1.82) is 0 Å². The first-order chi connectivity index (χ1) is 7.25. The van der Waals surface area contributed by atoms with Gasteiger partial charge in [-0.1, -0.05) is 23.7 Å². The zero-order valence-corrected chi connectivity index (χ0v) is 9.89. The van der Waals surface area contributed by atoms with Crippen molar-refractivity contribution in [3.8, 4) is 0 Å². The zero-order chi connectivity index (χ0) is 10.7. The van der Waals surface area contributed by atoms with E-state index in [1.807, 2.05) is 24.3 Å². The summed E-state index contributed by atoms with van der Waals surface area (Å²) in [5.74, 6) is 0.931. The van der Waals surface area contributed by atoms with Crippen molar-refractivity contribution in [2.75, 3.05) is 13.1 Å². The van der Waals surface area contributed by atoms with Crippen LogP contribution >= 0.6 is 23.4 Å². The van der Waals surface area contributed by atoms with Crippen LogP contribution in [0.3, 0.4) is 0 Å². The monoisotopic (exact) mass is 243 g/mol. The van der Waals surface area contributed by atoms with Gasteiger partial charge in [0.15, 0.2) is 0 Å². The van der Waals surface area contributed by atoms with E-state index < -0.39 is 0 Å². The van der Waals surface area contributed by atoms with Crippen molar-refractivity contribution >= 4 is 23.4 Å². The van der Waals surface area contributed by atoms with Gasteiger partial charge in [-0.3, -0.25) is 0 Å². The molecule has 2 atom stereocenters. The van der Waals surface area contributed by atoms with Crippen molar-refractivity contribution < 1.29 is 5.11 Å². The van der Waals surface area contributed by atoms with Gasteiger partial charge in [0.1, 0.15) is 0 Å². The molecular formula is C11H14ClNOS. The van der Waals surface area contributed by atoms with Gasteiger partial charge < -0.3 is 10.4 Å². The summed E-state index contributed by atoms with van der Waals surface area (Å²) in [6.07, 6.45) is -0.206. The lowest BCUT2D eigenvalue weighted by Crippen LogP contribution is -2.20. The second-order valence-electron chi connectivity index (χ2n) is 3.70. The van der Waals surface area contributed by atoms with Crippen molar-refractivity contribution in [1.82, 2.24) is 5.32 Å². The summed E-state index contributed by atoms with van der Waals surface area (Å²) in [5, 5.41) is 13.9. The average molecular weight is 244 g/mol. The van der Waals surface area contributed by atoms with Gasteiger partial charge in [-0.2, -0.15) is 0 Å². The summed E-state index contributed by atoms with van der Waals surface area (Å²) in [6.45, 7) is 1.62. The second-order valence-corrected chi connectivity index (χ2v) is 5.37. The molecule has 0 aliphatic carbocycles. The molecule has 0 aromatic heterocycles. The normalized spacial score (nSPS) is 25.7. The minimum atomic E-state index is -0.206. The number of β-amino-alcohol motifs (C(OH)–C–C–N with tert-alkyl or cyclic N) is 1. The Kier molecular flexibility index (Phi) is 3.92. The predicted octanol–water partition coefficient (Wildman–Crippen LogP) is 1.91. The summed E-state index contributed by atoms with van der Waals surface area (Å²) in [5.41, 5.74) is 1.25. The molecule has 1 heterocycles. The number of aliphatic hydroxyl groups is 1. The molecule has 2 rings (SSSR count). The van der Waals surface area contributed by atoms with E-state index in [9.17, 15) is 5.11 Å². The van der Waals surface area contributed by atoms with Crippen LogP contribution in [0, 0.1) is 0 Å². The van der Waals surface area contributed by atoms with Gasteiger partial charge >= 0.3 is 0 Å². The Morgan fingerprint density at radius 1 is 1.33 bits per heavy atom. The molecule has 0 radical (unpaired) electrons. The number of nitrogens with one attached hydrogen (secondary N) is 1. The number of hydrogen-bond acceptors (Lipinski definition) is 3. The van der Waals surface area contributed by atoms with Crippen LogP contribution < -0.4 is 5.32 Å². The fraction of sp³-hybridized carbons (Fsp3) is 0.455. The number of thioether (sulfide) groups is 1. The molecule has 2 N–H and O–H groups in total. The summed E-state index contributed by atoms with van der Waals surface area (Å²) >= 11 is 7.60. The van der Waals surface area contributed by atoms with E-state index in [1.54, 1.807) is 11.8 Å². The number of aliphatic hydroxyl groups excluding tert-OH is 1. The molecule has 15 heavy (non-hydrogen) atoms. The van der Waals surface area contributed by atoms with Gasteiger partial charge in [-0.25, -0.2) is 0 Å². The highest BCUT2D eigenvalue weighted by Crippen LogP contribution is 2.23. The van der Waals surface area contributed by atoms with E-state index in [4.69, 9.17) is 11.6 Å². The Morgan fingerprint density at radius 2 is 2.07 bits per heavy atom. The molecule has 2 unspecified atom stereocenters. The lowest BCUT2D eigenvalue weighted by Gasteiger charge is -2.12. The first kappa shape index (κ1) is 11.3. The summed E-state index contributed by atoms with van der Waals surface area (Å²) in [4.78, 5) is 0. The first-order valence-electron chi connectivity index (χ1n) is 5.00. The number of halogens is 1. The molecule has 0 amide bonds. The van der Waals surface area contributed by atoms with E-state index in [0.29, 0.717) is 5.25 Å². The van der Waals surface area contributed by atoms with Gasteiger partial charge in [0.25, 0.3) is 0 Å². The fourth-order valence-electron chi connectivity index (χ4n) is 1.59. The third-order valence-electron chi connectivity index (χ3n) is 2.51. The van der Waals surface area contributed by atoms with E-state index in [-0.39, 0.29) is 6.10 Å². The predicted molar refractivity (Wildman–Crippen MR) is 65.4 cm³/mol. The molecular weight excluding hydrogens is 230 g/mol. The lowest BCUT2D eigenvalue weighted by atomic mass is 10.2. The van der Waals surface area contributed by atoms with Crippen LogP contribution in [0.5, 0.6) is 0 Å². The van der Waals surface area contributed by atoms with E-state index in [2.05, 4.69) is 5.32 Å². The third kappa shape index (κ3) is 3.11. The highest BCUT2D eigenvalue weighted by atomic mass is 35.5. The Bertz CT molecular complexity index is 317. The zero-order valence-electron chi connectivity index (χ0n) is 8.32. The van der Waals surface area contributed by atoms with E-state index in [1.165, 1.54) is 5.56 Å². The lowest BCUT2D eigenvalue weighted by molar-refractivity contribution is 0.201. The molecule has 1 aliphatic rings. The van der Waals surface area contributed by atoms with Gasteiger partial charge in [0.2, 0.25) is 0 Å². The van der Waals surface area contributed by atoms with Crippen LogP contribution in [0.25, 0.3) is 0 Å². The Hall–Kier alpha value is -0.220. The minimum Gasteiger partial charge on any atom is -0.391 e. The average Bonchev–Trinajstić information content (AvgIpc) is 2.63. The third-order valence-corrected chi connectivity index (χ3v) is 4.17. The largest absolute Gasteiger partial charge is 0.391 e. The fourth-order valence-corrected chi connectivity index (χ4v) is 2.87. The van der Waals surface area contributed by atoms with Crippen molar-refractivity contribution in [3.05, 3.63) is 34.9 Å². The number of hydrogen-bond donors (Lipinski definition) is 2. The summed E-state index contributed by atoms with van der Waals surface area (Å²) in [6, 6.07) is 7.87. The number of benzene rings is 1. The molecule has 1 saturated heterocycles. The molecule has 4 heteroatoms. The molecule has 1 aliphatic heterocycles. The molecule has 1 aromatic rings. The van der Waals surface area contributed by atoms with Gasteiger partial charge in [0.05, 0.1) is 6.10 Å². The Morgan fingerprint density at radius 3 is 2.67 bits per heavy atom. The van der Waals surface area contributed by atoms with Gasteiger partial charge in [-0.15, -0.1) is 11.8 Å². The Labute approximate surface area is 99.0 Å². The molecule has 0 saturated carbocycles. The Balaban J connectivity index is 1.85. The maximum atomic E-state index is 9.61. The second kappa shape index (κ2) is 5.21. The molecule has 0 spiro atoms. The van der Waals surface area contributed by atoms with Crippen molar-refractivity contribution in [2.45, 2.75) is 17.1 Å². The smallest absolute Gasteiger partial charge is 0.0795 e. The molecule has 1 fully saturated rings. The molecule has 0 bridgehead atoms. The highest BCUT2D eigenvalue weighted by molar-refractivity contribution is 7.99. The van der Waals surface area contributed by atoms with Gasteiger partial charge in [0, 0.05) is 29.1 Å². The molecule has 82 valence electrons. The maximum absolute atomic E-state index is 9.61. The van der Waals surface area contributed by atoms with Crippen molar-refractivity contribution in [3.63, 3.8) is 0 Å². The van der Waals surface area contributed by atoms with Crippen LogP contribution in [-0.4, -0.2) is 29.5 Å². The minimum absolute atomic E-state index is 0.206. The first-order valence-corrected chi connectivity index (χ1v) is 6.43. The summed E-state index contributed by atoms with van der Waals surface area (Å²) in [7, 11) is 0.